The van der Waals surface area contributed by atoms with E-state index in [2.05, 4.69) is 48.3 Å². The molecule has 1 unspecified atom stereocenters. The highest BCUT2D eigenvalue weighted by Crippen LogP contribution is 2.24. The van der Waals surface area contributed by atoms with E-state index in [9.17, 15) is 0 Å². The number of rotatable bonds is 7. The third-order valence-corrected chi connectivity index (χ3v) is 3.91. The summed E-state index contributed by atoms with van der Waals surface area (Å²) < 4.78 is 5.26. The molecule has 0 radical (unpaired) electrons. The summed E-state index contributed by atoms with van der Waals surface area (Å²) in [6.07, 6.45) is 0. The van der Waals surface area contributed by atoms with E-state index in [1.165, 1.54) is 11.1 Å². The fourth-order valence-electron chi connectivity index (χ4n) is 3.05. The topological polar surface area (TPSA) is 24.5 Å². The first-order valence-electron chi connectivity index (χ1n) is 7.70. The Labute approximate surface area is 123 Å². The van der Waals surface area contributed by atoms with Crippen molar-refractivity contribution < 1.29 is 4.74 Å². The smallest absolute Gasteiger partial charge is 0.0589 e. The molecule has 1 aromatic carbocycles. The van der Waals surface area contributed by atoms with Gasteiger partial charge in [0.15, 0.2) is 0 Å². The first-order chi connectivity index (χ1) is 9.70. The lowest BCUT2D eigenvalue weighted by Gasteiger charge is -2.32. The summed E-state index contributed by atoms with van der Waals surface area (Å²) in [5.74, 6) is 1.29. The van der Waals surface area contributed by atoms with Crippen molar-refractivity contribution in [2.75, 3.05) is 39.9 Å². The molecular formula is C17H28N2O. The number of hydrogen-bond donors (Lipinski definition) is 1. The Kier molecular flexibility index (Phi) is 6.02. The SMILES string of the molecule is COCCN(CC(C)C)CC1CNCc2ccccc21. The Balaban J connectivity index is 2.03. The highest BCUT2D eigenvalue weighted by Gasteiger charge is 2.22. The van der Waals surface area contributed by atoms with Crippen molar-refractivity contribution in [2.24, 2.45) is 5.92 Å². The average Bonchev–Trinajstić information content (AvgIpc) is 2.44. The van der Waals surface area contributed by atoms with E-state index in [4.69, 9.17) is 4.74 Å². The van der Waals surface area contributed by atoms with Crippen LogP contribution in [0.5, 0.6) is 0 Å². The maximum atomic E-state index is 5.26. The molecule has 2 rings (SSSR count). The molecule has 1 atom stereocenters. The van der Waals surface area contributed by atoms with Gasteiger partial charge < -0.3 is 15.0 Å². The molecule has 0 saturated heterocycles. The van der Waals surface area contributed by atoms with E-state index in [-0.39, 0.29) is 0 Å². The van der Waals surface area contributed by atoms with Gasteiger partial charge in [0.25, 0.3) is 0 Å². The van der Waals surface area contributed by atoms with Crippen LogP contribution in [-0.4, -0.2) is 44.8 Å². The normalized spacial score (nSPS) is 18.6. The Bertz CT molecular complexity index is 406. The highest BCUT2D eigenvalue weighted by atomic mass is 16.5. The number of nitrogens with one attached hydrogen (secondary N) is 1. The summed E-state index contributed by atoms with van der Waals surface area (Å²) in [6.45, 7) is 10.8. The van der Waals surface area contributed by atoms with Crippen molar-refractivity contribution >= 4 is 0 Å². The summed E-state index contributed by atoms with van der Waals surface area (Å²) in [4.78, 5) is 2.54. The van der Waals surface area contributed by atoms with Gasteiger partial charge in [-0.3, -0.25) is 0 Å². The van der Waals surface area contributed by atoms with E-state index in [1.54, 1.807) is 7.11 Å². The predicted molar refractivity (Wildman–Crippen MR) is 84.0 cm³/mol. The molecule has 0 fully saturated rings. The molecule has 3 heteroatoms. The second kappa shape index (κ2) is 7.77. The third-order valence-electron chi connectivity index (χ3n) is 3.91. The summed E-state index contributed by atoms with van der Waals surface area (Å²) >= 11 is 0. The van der Waals surface area contributed by atoms with E-state index >= 15 is 0 Å². The molecule has 0 amide bonds. The zero-order valence-corrected chi connectivity index (χ0v) is 13.1. The van der Waals surface area contributed by atoms with Crippen LogP contribution in [0.4, 0.5) is 0 Å². The monoisotopic (exact) mass is 276 g/mol. The molecule has 1 aromatic rings. The van der Waals surface area contributed by atoms with Crippen molar-refractivity contribution in [3.63, 3.8) is 0 Å². The second-order valence-corrected chi connectivity index (χ2v) is 6.17. The largest absolute Gasteiger partial charge is 0.383 e. The minimum Gasteiger partial charge on any atom is -0.383 e. The number of hydrogen-bond acceptors (Lipinski definition) is 3. The van der Waals surface area contributed by atoms with Crippen LogP contribution in [-0.2, 0) is 11.3 Å². The van der Waals surface area contributed by atoms with E-state index < -0.39 is 0 Å². The van der Waals surface area contributed by atoms with Crippen molar-refractivity contribution in [1.29, 1.82) is 0 Å². The minimum absolute atomic E-state index is 0.593. The van der Waals surface area contributed by atoms with Crippen LogP contribution in [0.15, 0.2) is 24.3 Å². The molecule has 0 bridgehead atoms. The van der Waals surface area contributed by atoms with Gasteiger partial charge in [0, 0.05) is 45.8 Å². The lowest BCUT2D eigenvalue weighted by molar-refractivity contribution is 0.134. The van der Waals surface area contributed by atoms with E-state index in [0.29, 0.717) is 11.8 Å². The molecule has 1 N–H and O–H groups in total. The summed E-state index contributed by atoms with van der Waals surface area (Å²) in [6, 6.07) is 8.85. The van der Waals surface area contributed by atoms with Crippen molar-refractivity contribution in [2.45, 2.75) is 26.3 Å². The predicted octanol–water partition coefficient (Wildman–Crippen LogP) is 2.48. The van der Waals surface area contributed by atoms with Gasteiger partial charge in [0.05, 0.1) is 6.61 Å². The Morgan fingerprint density at radius 2 is 2.15 bits per heavy atom. The number of fused-ring (bicyclic) bond motifs is 1. The maximum Gasteiger partial charge on any atom is 0.0589 e. The quantitative estimate of drug-likeness (QED) is 0.828. The van der Waals surface area contributed by atoms with Gasteiger partial charge in [-0.2, -0.15) is 0 Å². The van der Waals surface area contributed by atoms with Crippen molar-refractivity contribution in [3.05, 3.63) is 35.4 Å². The fraction of sp³-hybridized carbons (Fsp3) is 0.647. The molecule has 3 nitrogen and oxygen atoms in total. The average molecular weight is 276 g/mol. The van der Waals surface area contributed by atoms with E-state index in [0.717, 1.165) is 39.3 Å². The summed E-state index contributed by atoms with van der Waals surface area (Å²) in [5.41, 5.74) is 2.98. The molecule has 0 spiro atoms. The molecule has 1 aliphatic rings. The minimum atomic E-state index is 0.593. The molecule has 0 aromatic heterocycles. The van der Waals surface area contributed by atoms with Gasteiger partial charge in [0.1, 0.15) is 0 Å². The van der Waals surface area contributed by atoms with Gasteiger partial charge in [0.2, 0.25) is 0 Å². The molecule has 20 heavy (non-hydrogen) atoms. The van der Waals surface area contributed by atoms with Crippen LogP contribution in [0, 0.1) is 5.92 Å². The molecular weight excluding hydrogens is 248 g/mol. The number of benzene rings is 1. The van der Waals surface area contributed by atoms with E-state index in [1.807, 2.05) is 0 Å². The van der Waals surface area contributed by atoms with Crippen LogP contribution in [0.25, 0.3) is 0 Å². The van der Waals surface area contributed by atoms with Crippen LogP contribution < -0.4 is 5.32 Å². The standard InChI is InChI=1S/C17H28N2O/c1-14(2)12-19(8-9-20-3)13-16-11-18-10-15-6-4-5-7-17(15)16/h4-7,14,16,18H,8-13H2,1-3H3. The second-order valence-electron chi connectivity index (χ2n) is 6.17. The van der Waals surface area contributed by atoms with Gasteiger partial charge in [-0.25, -0.2) is 0 Å². The Morgan fingerprint density at radius 3 is 2.90 bits per heavy atom. The Hall–Kier alpha value is -0.900. The first kappa shape index (κ1) is 15.5. The lowest BCUT2D eigenvalue weighted by Crippen LogP contribution is -2.39. The van der Waals surface area contributed by atoms with Crippen molar-refractivity contribution in [3.8, 4) is 0 Å². The molecule has 1 aliphatic heterocycles. The number of methoxy groups -OCH3 is 1. The maximum absolute atomic E-state index is 5.26. The molecule has 1 heterocycles. The Morgan fingerprint density at radius 1 is 1.35 bits per heavy atom. The van der Waals surface area contributed by atoms with Gasteiger partial charge in [-0.1, -0.05) is 38.1 Å². The van der Waals surface area contributed by atoms with Crippen LogP contribution >= 0.6 is 0 Å². The third kappa shape index (κ3) is 4.30. The van der Waals surface area contributed by atoms with Crippen LogP contribution in [0.3, 0.4) is 0 Å². The van der Waals surface area contributed by atoms with Crippen molar-refractivity contribution in [1.82, 2.24) is 10.2 Å². The molecule has 0 aliphatic carbocycles. The first-order valence-corrected chi connectivity index (χ1v) is 7.70. The molecule has 112 valence electrons. The zero-order chi connectivity index (χ0) is 14.4. The number of ether oxygens (including phenoxy) is 1. The van der Waals surface area contributed by atoms with Gasteiger partial charge >= 0.3 is 0 Å². The lowest BCUT2D eigenvalue weighted by atomic mass is 9.90. The zero-order valence-electron chi connectivity index (χ0n) is 13.1. The highest BCUT2D eigenvalue weighted by molar-refractivity contribution is 5.32. The van der Waals surface area contributed by atoms with Crippen LogP contribution in [0.2, 0.25) is 0 Å². The van der Waals surface area contributed by atoms with Gasteiger partial charge in [-0.15, -0.1) is 0 Å². The fourth-order valence-corrected chi connectivity index (χ4v) is 3.05. The van der Waals surface area contributed by atoms with Crippen LogP contribution in [0.1, 0.15) is 30.9 Å². The van der Waals surface area contributed by atoms with Gasteiger partial charge in [-0.05, 0) is 17.0 Å². The number of nitrogens with zero attached hydrogens (tertiary/aromatic N) is 1. The summed E-state index contributed by atoms with van der Waals surface area (Å²) in [5, 5.41) is 3.55. The summed E-state index contributed by atoms with van der Waals surface area (Å²) in [7, 11) is 1.78. The molecule has 0 saturated carbocycles.